The predicted octanol–water partition coefficient (Wildman–Crippen LogP) is 4.43. The molecule has 0 saturated heterocycles. The van der Waals surface area contributed by atoms with Gasteiger partial charge in [-0.25, -0.2) is 0 Å². The lowest BCUT2D eigenvalue weighted by atomic mass is 10.2. The van der Waals surface area contributed by atoms with Gasteiger partial charge in [0.15, 0.2) is 0 Å². The first-order chi connectivity index (χ1) is 11.4. The molecule has 25 heavy (non-hydrogen) atoms. The van der Waals surface area contributed by atoms with Crippen molar-refractivity contribution >= 4 is 10.4 Å². The summed E-state index contributed by atoms with van der Waals surface area (Å²) >= 11 is 0. The van der Waals surface area contributed by atoms with Crippen molar-refractivity contribution in [2.24, 2.45) is 0 Å². The summed E-state index contributed by atoms with van der Waals surface area (Å²) in [6.45, 7) is 0. The average molecular weight is 386 g/mol. The highest BCUT2D eigenvalue weighted by atomic mass is 32.3. The Morgan fingerprint density at radius 2 is 0.880 bits per heavy atom. The molecule has 0 fully saturated rings. The minimum absolute atomic E-state index is 0.458. The van der Waals surface area contributed by atoms with Gasteiger partial charge in [0.2, 0.25) is 0 Å². The zero-order chi connectivity index (χ0) is 18.9. The molecule has 4 nitrogen and oxygen atoms in total. The van der Waals surface area contributed by atoms with Crippen molar-refractivity contribution < 1.29 is 43.1 Å². The van der Waals surface area contributed by atoms with Crippen LogP contribution in [-0.2, 0) is 22.8 Å². The quantitative estimate of drug-likeness (QED) is 0.730. The predicted molar refractivity (Wildman–Crippen MR) is 73.1 cm³/mol. The van der Waals surface area contributed by atoms with Crippen molar-refractivity contribution in [3.63, 3.8) is 0 Å². The van der Waals surface area contributed by atoms with Gasteiger partial charge in [0, 0.05) is 0 Å². The van der Waals surface area contributed by atoms with Crippen molar-refractivity contribution in [1.29, 1.82) is 0 Å². The van der Waals surface area contributed by atoms with Crippen LogP contribution >= 0.6 is 0 Å². The second-order valence-electron chi connectivity index (χ2n) is 4.62. The van der Waals surface area contributed by atoms with E-state index in [2.05, 4.69) is 8.37 Å². The molecular formula is C14H8F6O4S. The maximum Gasteiger partial charge on any atom is 0.500 e. The van der Waals surface area contributed by atoms with Crippen LogP contribution in [0.3, 0.4) is 0 Å². The summed E-state index contributed by atoms with van der Waals surface area (Å²) in [5.41, 5.74) is -2.03. The van der Waals surface area contributed by atoms with Gasteiger partial charge in [0.1, 0.15) is 11.5 Å². The van der Waals surface area contributed by atoms with Gasteiger partial charge >= 0.3 is 22.8 Å². The van der Waals surface area contributed by atoms with Gasteiger partial charge in [0.25, 0.3) is 0 Å². The lowest BCUT2D eigenvalue weighted by Gasteiger charge is -2.10. The van der Waals surface area contributed by atoms with Crippen molar-refractivity contribution in [3.05, 3.63) is 59.7 Å². The molecular weight excluding hydrogens is 378 g/mol. The number of halogens is 6. The minimum atomic E-state index is -4.75. The van der Waals surface area contributed by atoms with Gasteiger partial charge in [-0.3, -0.25) is 0 Å². The molecule has 2 rings (SSSR count). The second-order valence-corrected chi connectivity index (χ2v) is 5.77. The fraction of sp³-hybridized carbons (Fsp3) is 0.143. The van der Waals surface area contributed by atoms with Crippen molar-refractivity contribution in [2.45, 2.75) is 12.4 Å². The van der Waals surface area contributed by atoms with E-state index in [0.717, 1.165) is 24.3 Å². The number of rotatable bonds is 4. The smallest absolute Gasteiger partial charge is 0.353 e. The van der Waals surface area contributed by atoms with E-state index in [1.54, 1.807) is 0 Å². The van der Waals surface area contributed by atoms with E-state index in [9.17, 15) is 34.8 Å². The topological polar surface area (TPSA) is 52.6 Å². The molecule has 0 N–H and O–H groups in total. The van der Waals surface area contributed by atoms with Crippen LogP contribution in [0.4, 0.5) is 26.3 Å². The Kier molecular flexibility index (Phi) is 4.89. The molecule has 0 saturated carbocycles. The van der Waals surface area contributed by atoms with Gasteiger partial charge in [-0.2, -0.15) is 26.3 Å². The van der Waals surface area contributed by atoms with Crippen LogP contribution < -0.4 is 8.37 Å². The molecule has 0 amide bonds. The Balaban J connectivity index is 2.09. The van der Waals surface area contributed by atoms with E-state index >= 15 is 0 Å². The molecule has 0 aliphatic heterocycles. The molecule has 0 spiro atoms. The molecule has 136 valence electrons. The fourth-order valence-corrected chi connectivity index (χ4v) is 2.38. The lowest BCUT2D eigenvalue weighted by molar-refractivity contribution is -0.138. The standard InChI is InChI=1S/C14H8F6O4S/c15-13(16,17)9-1-5-11(6-2-9)23-25(21,22)24-12-7-3-10(4-8-12)14(18,19)20/h1-8H. The molecule has 0 aliphatic rings. The maximum absolute atomic E-state index is 12.4. The van der Waals surface area contributed by atoms with Crippen molar-refractivity contribution in [1.82, 2.24) is 0 Å². The zero-order valence-electron chi connectivity index (χ0n) is 11.9. The first-order valence-corrected chi connectivity index (χ1v) is 7.68. The summed E-state index contributed by atoms with van der Waals surface area (Å²) in [6.07, 6.45) is -9.21. The van der Waals surface area contributed by atoms with E-state index < -0.39 is 45.4 Å². The van der Waals surface area contributed by atoms with Gasteiger partial charge in [-0.05, 0) is 48.5 Å². The average Bonchev–Trinajstić information content (AvgIpc) is 2.45. The highest BCUT2D eigenvalue weighted by Crippen LogP contribution is 2.32. The van der Waals surface area contributed by atoms with E-state index in [4.69, 9.17) is 0 Å². The minimum Gasteiger partial charge on any atom is -0.353 e. The molecule has 0 atom stereocenters. The van der Waals surface area contributed by atoms with Crippen LogP contribution in [-0.4, -0.2) is 8.42 Å². The summed E-state index contributed by atoms with van der Waals surface area (Å²) in [5.74, 6) is -0.917. The molecule has 0 bridgehead atoms. The van der Waals surface area contributed by atoms with Crippen LogP contribution in [0, 0.1) is 0 Å². The summed E-state index contributed by atoms with van der Waals surface area (Å²) in [4.78, 5) is 0. The zero-order valence-corrected chi connectivity index (χ0v) is 12.7. The van der Waals surface area contributed by atoms with Gasteiger partial charge in [0.05, 0.1) is 11.1 Å². The van der Waals surface area contributed by atoms with Gasteiger partial charge in [-0.15, -0.1) is 8.42 Å². The summed E-state index contributed by atoms with van der Waals surface area (Å²) in [7, 11) is -4.75. The number of hydrogen-bond acceptors (Lipinski definition) is 4. The Morgan fingerprint density at radius 1 is 0.600 bits per heavy atom. The fourth-order valence-electron chi connectivity index (χ4n) is 1.65. The van der Waals surface area contributed by atoms with E-state index in [-0.39, 0.29) is 0 Å². The molecule has 0 aromatic heterocycles. The third-order valence-corrected chi connectivity index (χ3v) is 3.55. The van der Waals surface area contributed by atoms with Crippen LogP contribution in [0.1, 0.15) is 11.1 Å². The van der Waals surface area contributed by atoms with Crippen molar-refractivity contribution in [3.8, 4) is 11.5 Å². The molecule has 11 heteroatoms. The van der Waals surface area contributed by atoms with Crippen LogP contribution in [0.5, 0.6) is 11.5 Å². The largest absolute Gasteiger partial charge is 0.500 e. The maximum atomic E-state index is 12.4. The Labute approximate surface area is 137 Å². The van der Waals surface area contributed by atoms with E-state index in [1.807, 2.05) is 0 Å². The number of alkyl halides is 6. The van der Waals surface area contributed by atoms with Crippen molar-refractivity contribution in [2.75, 3.05) is 0 Å². The second kappa shape index (κ2) is 6.47. The van der Waals surface area contributed by atoms with Gasteiger partial charge in [-0.1, -0.05) is 0 Å². The summed E-state index contributed by atoms with van der Waals surface area (Å²) in [6, 6.07) is 5.44. The highest BCUT2D eigenvalue weighted by molar-refractivity contribution is 7.82. The first-order valence-electron chi connectivity index (χ1n) is 6.35. The third-order valence-electron chi connectivity index (χ3n) is 2.76. The third kappa shape index (κ3) is 5.28. The molecule has 2 aromatic carbocycles. The molecule has 0 aliphatic carbocycles. The Morgan fingerprint density at radius 3 is 1.12 bits per heavy atom. The molecule has 0 unspecified atom stereocenters. The van der Waals surface area contributed by atoms with Crippen LogP contribution in [0.25, 0.3) is 0 Å². The normalized spacial score (nSPS) is 12.7. The van der Waals surface area contributed by atoms with E-state index in [0.29, 0.717) is 24.3 Å². The highest BCUT2D eigenvalue weighted by Gasteiger charge is 2.31. The molecule has 0 heterocycles. The number of benzene rings is 2. The SMILES string of the molecule is O=S(=O)(Oc1ccc(C(F)(F)F)cc1)Oc1ccc(C(F)(F)F)cc1. The molecule has 0 radical (unpaired) electrons. The van der Waals surface area contributed by atoms with Gasteiger partial charge < -0.3 is 8.37 Å². The number of hydrogen-bond donors (Lipinski definition) is 0. The summed E-state index contributed by atoms with van der Waals surface area (Å²) in [5, 5.41) is 0. The Hall–Kier alpha value is -2.43. The summed E-state index contributed by atoms with van der Waals surface area (Å²) < 4.78 is 107. The Bertz CT molecular complexity index is 758. The first kappa shape index (κ1) is 18.9. The molecule has 2 aromatic rings. The van der Waals surface area contributed by atoms with Crippen LogP contribution in [0.2, 0.25) is 0 Å². The lowest BCUT2D eigenvalue weighted by Crippen LogP contribution is -2.16. The monoisotopic (exact) mass is 386 g/mol. The van der Waals surface area contributed by atoms with E-state index in [1.165, 1.54) is 0 Å². The van der Waals surface area contributed by atoms with Crippen LogP contribution in [0.15, 0.2) is 48.5 Å².